The molecule has 0 bridgehead atoms. The first-order valence-electron chi connectivity index (χ1n) is 4.02. The van der Waals surface area contributed by atoms with Gasteiger partial charge in [0.1, 0.15) is 10.8 Å². The predicted molar refractivity (Wildman–Crippen MR) is 51.1 cm³/mol. The first-order chi connectivity index (χ1) is 6.63. The normalized spacial score (nSPS) is 12.2. The first kappa shape index (κ1) is 10.9. The number of aromatic nitrogens is 2. The Morgan fingerprint density at radius 3 is 2.86 bits per heavy atom. The minimum Gasteiger partial charge on any atom is -0.394 e. The fourth-order valence-electron chi connectivity index (χ4n) is 0.773. The lowest BCUT2D eigenvalue weighted by Gasteiger charge is -2.09. The summed E-state index contributed by atoms with van der Waals surface area (Å²) in [6.07, 6.45) is 2.57. The van der Waals surface area contributed by atoms with Crippen LogP contribution in [0.15, 0.2) is 12.4 Å². The number of nitrogens with zero attached hydrogens (tertiary/aromatic N) is 2. The van der Waals surface area contributed by atoms with Gasteiger partial charge in [-0.15, -0.1) is 0 Å². The average Bonchev–Trinajstić information content (AvgIpc) is 2.18. The van der Waals surface area contributed by atoms with Gasteiger partial charge in [0.05, 0.1) is 19.0 Å². The Hall–Kier alpha value is -1.20. The van der Waals surface area contributed by atoms with Crippen molar-refractivity contribution in [1.82, 2.24) is 15.3 Å². The highest BCUT2D eigenvalue weighted by molar-refractivity contribution is 6.29. The van der Waals surface area contributed by atoms with Gasteiger partial charge in [-0.2, -0.15) is 0 Å². The van der Waals surface area contributed by atoms with E-state index in [1.807, 2.05) is 0 Å². The Morgan fingerprint density at radius 1 is 1.64 bits per heavy atom. The van der Waals surface area contributed by atoms with Gasteiger partial charge in [-0.05, 0) is 6.92 Å². The largest absolute Gasteiger partial charge is 0.394 e. The maximum absolute atomic E-state index is 11.4. The lowest BCUT2D eigenvalue weighted by Crippen LogP contribution is -2.35. The van der Waals surface area contributed by atoms with Gasteiger partial charge in [-0.1, -0.05) is 11.6 Å². The van der Waals surface area contributed by atoms with E-state index in [-0.39, 0.29) is 29.4 Å². The maximum Gasteiger partial charge on any atom is 0.271 e. The molecule has 0 fully saturated rings. The van der Waals surface area contributed by atoms with Crippen molar-refractivity contribution < 1.29 is 9.90 Å². The quantitative estimate of drug-likeness (QED) is 0.758. The standard InChI is InChI=1S/C8H10ClN3O2/c1-5(4-13)12-8(14)6-2-11-7(9)3-10-6/h2-3,5,13H,4H2,1H3,(H,12,14)/t5-/m1/s1. The number of aliphatic hydroxyl groups excluding tert-OH is 1. The lowest BCUT2D eigenvalue weighted by atomic mass is 10.3. The van der Waals surface area contributed by atoms with Gasteiger partial charge in [0.15, 0.2) is 0 Å². The van der Waals surface area contributed by atoms with E-state index in [1.165, 1.54) is 12.4 Å². The van der Waals surface area contributed by atoms with E-state index in [1.54, 1.807) is 6.92 Å². The third-order valence-corrected chi connectivity index (χ3v) is 1.70. The molecule has 0 saturated heterocycles. The van der Waals surface area contributed by atoms with Crippen molar-refractivity contribution in [1.29, 1.82) is 0 Å². The molecule has 1 heterocycles. The highest BCUT2D eigenvalue weighted by atomic mass is 35.5. The van der Waals surface area contributed by atoms with Crippen molar-refractivity contribution in [2.75, 3.05) is 6.61 Å². The molecule has 0 aromatic carbocycles. The minimum atomic E-state index is -0.379. The molecule has 5 nitrogen and oxygen atoms in total. The third-order valence-electron chi connectivity index (χ3n) is 1.50. The second kappa shape index (κ2) is 4.88. The Balaban J connectivity index is 2.65. The number of amides is 1. The number of hydrogen-bond donors (Lipinski definition) is 2. The zero-order chi connectivity index (χ0) is 10.6. The number of rotatable bonds is 3. The summed E-state index contributed by atoms with van der Waals surface area (Å²) in [5, 5.41) is 11.5. The number of aliphatic hydroxyl groups is 1. The third kappa shape index (κ3) is 2.93. The molecule has 1 rings (SSSR count). The second-order valence-corrected chi connectivity index (χ2v) is 3.17. The fraction of sp³-hybridized carbons (Fsp3) is 0.375. The minimum absolute atomic E-state index is 0.118. The molecule has 1 amide bonds. The molecule has 0 aliphatic rings. The molecule has 0 saturated carbocycles. The zero-order valence-corrected chi connectivity index (χ0v) is 8.32. The SMILES string of the molecule is C[C@H](CO)NC(=O)c1cnc(Cl)cn1. The number of nitrogens with one attached hydrogen (secondary N) is 1. The Kier molecular flexibility index (Phi) is 3.79. The second-order valence-electron chi connectivity index (χ2n) is 2.78. The zero-order valence-electron chi connectivity index (χ0n) is 7.57. The average molecular weight is 216 g/mol. The smallest absolute Gasteiger partial charge is 0.271 e. The summed E-state index contributed by atoms with van der Waals surface area (Å²) < 4.78 is 0. The first-order valence-corrected chi connectivity index (χ1v) is 4.40. The highest BCUT2D eigenvalue weighted by Gasteiger charge is 2.10. The van der Waals surface area contributed by atoms with Gasteiger partial charge in [0.25, 0.3) is 5.91 Å². The van der Waals surface area contributed by atoms with Crippen molar-refractivity contribution in [2.24, 2.45) is 0 Å². The van der Waals surface area contributed by atoms with Crippen LogP contribution in [0.4, 0.5) is 0 Å². The summed E-state index contributed by atoms with van der Waals surface area (Å²) >= 11 is 5.50. The van der Waals surface area contributed by atoms with Crippen molar-refractivity contribution in [3.8, 4) is 0 Å². The van der Waals surface area contributed by atoms with Gasteiger partial charge in [0.2, 0.25) is 0 Å². The molecular formula is C8H10ClN3O2. The van der Waals surface area contributed by atoms with Crippen LogP contribution in [-0.2, 0) is 0 Å². The summed E-state index contributed by atoms with van der Waals surface area (Å²) in [7, 11) is 0. The molecule has 0 aliphatic carbocycles. The molecular weight excluding hydrogens is 206 g/mol. The topological polar surface area (TPSA) is 75.1 Å². The molecule has 0 radical (unpaired) electrons. The van der Waals surface area contributed by atoms with Gasteiger partial charge < -0.3 is 10.4 Å². The molecule has 0 aliphatic heterocycles. The van der Waals surface area contributed by atoms with E-state index in [2.05, 4.69) is 15.3 Å². The predicted octanol–water partition coefficient (Wildman–Crippen LogP) is 0.241. The molecule has 14 heavy (non-hydrogen) atoms. The van der Waals surface area contributed by atoms with Gasteiger partial charge >= 0.3 is 0 Å². The van der Waals surface area contributed by atoms with Crippen LogP contribution in [0, 0.1) is 0 Å². The van der Waals surface area contributed by atoms with Crippen LogP contribution >= 0.6 is 11.6 Å². The molecule has 6 heteroatoms. The lowest BCUT2D eigenvalue weighted by molar-refractivity contribution is 0.0917. The maximum atomic E-state index is 11.4. The fourth-order valence-corrected chi connectivity index (χ4v) is 0.871. The monoisotopic (exact) mass is 215 g/mol. The van der Waals surface area contributed by atoms with Crippen LogP contribution in [0.1, 0.15) is 17.4 Å². The summed E-state index contributed by atoms with van der Waals surface area (Å²) in [5.74, 6) is -0.379. The van der Waals surface area contributed by atoms with Crippen LogP contribution < -0.4 is 5.32 Å². The van der Waals surface area contributed by atoms with Gasteiger partial charge in [-0.3, -0.25) is 4.79 Å². The summed E-state index contributed by atoms with van der Waals surface area (Å²) in [5.41, 5.74) is 0.176. The Bertz CT molecular complexity index is 315. The number of hydrogen-bond acceptors (Lipinski definition) is 4. The highest BCUT2D eigenvalue weighted by Crippen LogP contribution is 2.01. The van der Waals surface area contributed by atoms with E-state index < -0.39 is 0 Å². The van der Waals surface area contributed by atoms with Crippen LogP contribution in [0.5, 0.6) is 0 Å². The van der Waals surface area contributed by atoms with Crippen molar-refractivity contribution >= 4 is 17.5 Å². The van der Waals surface area contributed by atoms with Crippen molar-refractivity contribution in [2.45, 2.75) is 13.0 Å². The Morgan fingerprint density at radius 2 is 2.36 bits per heavy atom. The van der Waals surface area contributed by atoms with E-state index in [4.69, 9.17) is 16.7 Å². The summed E-state index contributed by atoms with van der Waals surface area (Å²) in [6, 6.07) is -0.306. The molecule has 76 valence electrons. The number of carbonyl (C=O) groups excluding carboxylic acids is 1. The van der Waals surface area contributed by atoms with Gasteiger partial charge in [0, 0.05) is 6.04 Å². The molecule has 0 unspecified atom stereocenters. The van der Waals surface area contributed by atoms with Crippen LogP contribution in [0.2, 0.25) is 5.15 Å². The molecule has 0 spiro atoms. The van der Waals surface area contributed by atoms with E-state index in [0.717, 1.165) is 0 Å². The number of halogens is 1. The van der Waals surface area contributed by atoms with Crippen molar-refractivity contribution in [3.63, 3.8) is 0 Å². The van der Waals surface area contributed by atoms with E-state index in [0.29, 0.717) is 0 Å². The molecule has 2 N–H and O–H groups in total. The molecule has 1 atom stereocenters. The van der Waals surface area contributed by atoms with E-state index >= 15 is 0 Å². The van der Waals surface area contributed by atoms with Gasteiger partial charge in [-0.25, -0.2) is 9.97 Å². The van der Waals surface area contributed by atoms with Crippen LogP contribution in [-0.4, -0.2) is 33.6 Å². The molecule has 1 aromatic rings. The molecule has 1 aromatic heterocycles. The van der Waals surface area contributed by atoms with Crippen molar-refractivity contribution in [3.05, 3.63) is 23.2 Å². The number of carbonyl (C=O) groups is 1. The van der Waals surface area contributed by atoms with Crippen LogP contribution in [0.3, 0.4) is 0 Å². The summed E-state index contributed by atoms with van der Waals surface area (Å²) in [4.78, 5) is 18.8. The Labute approximate surface area is 86.1 Å². The van der Waals surface area contributed by atoms with Crippen LogP contribution in [0.25, 0.3) is 0 Å². The van der Waals surface area contributed by atoms with E-state index in [9.17, 15) is 4.79 Å². The summed E-state index contributed by atoms with van der Waals surface area (Å²) in [6.45, 7) is 1.56.